The first kappa shape index (κ1) is 12.3. The fourth-order valence-electron chi connectivity index (χ4n) is 3.51. The van der Waals surface area contributed by atoms with Crippen molar-refractivity contribution in [1.29, 1.82) is 0 Å². The predicted molar refractivity (Wildman–Crippen MR) is 66.7 cm³/mol. The van der Waals surface area contributed by atoms with Gasteiger partial charge in [0, 0.05) is 31.8 Å². The molecule has 94 valence electrons. The van der Waals surface area contributed by atoms with Crippen LogP contribution in [0.1, 0.15) is 39.0 Å². The average molecular weight is 226 g/mol. The first-order chi connectivity index (χ1) is 7.76. The van der Waals surface area contributed by atoms with Crippen LogP contribution in [-0.4, -0.2) is 49.8 Å². The minimum absolute atomic E-state index is 0.480. The Bertz CT molecular complexity index is 222. The third-order valence-corrected chi connectivity index (χ3v) is 4.48. The van der Waals surface area contributed by atoms with E-state index in [1.54, 1.807) is 0 Å². The molecule has 0 aromatic rings. The van der Waals surface area contributed by atoms with Crippen molar-refractivity contribution < 1.29 is 4.74 Å². The summed E-state index contributed by atoms with van der Waals surface area (Å²) in [5.74, 6) is 0. The average Bonchev–Trinajstić information content (AvgIpc) is 2.76. The van der Waals surface area contributed by atoms with Crippen LogP contribution in [0.15, 0.2) is 0 Å². The largest absolute Gasteiger partial charge is 0.380 e. The molecule has 1 aliphatic heterocycles. The predicted octanol–water partition coefficient (Wildman–Crippen LogP) is 1.63. The highest BCUT2D eigenvalue weighted by molar-refractivity contribution is 4.92. The lowest BCUT2D eigenvalue weighted by Crippen LogP contribution is -2.53. The van der Waals surface area contributed by atoms with Gasteiger partial charge in [0.05, 0.1) is 6.10 Å². The lowest BCUT2D eigenvalue weighted by atomic mass is 9.95. The molecule has 16 heavy (non-hydrogen) atoms. The number of rotatable bonds is 3. The highest BCUT2D eigenvalue weighted by atomic mass is 16.5. The van der Waals surface area contributed by atoms with Crippen LogP contribution < -0.4 is 5.32 Å². The van der Waals surface area contributed by atoms with Crippen molar-refractivity contribution in [2.24, 2.45) is 0 Å². The second-order valence-electron chi connectivity index (χ2n) is 5.37. The fourth-order valence-corrected chi connectivity index (χ4v) is 3.51. The molecular formula is C13H26N2O. The van der Waals surface area contributed by atoms with Gasteiger partial charge < -0.3 is 10.1 Å². The zero-order valence-corrected chi connectivity index (χ0v) is 10.9. The molecule has 0 aromatic carbocycles. The number of piperidine rings is 1. The maximum absolute atomic E-state index is 5.62. The Kier molecular flexibility index (Phi) is 4.22. The van der Waals surface area contributed by atoms with Gasteiger partial charge in [-0.05, 0) is 46.1 Å². The molecule has 0 amide bonds. The molecule has 0 spiro atoms. The van der Waals surface area contributed by atoms with Crippen molar-refractivity contribution in [1.82, 2.24) is 10.2 Å². The smallest absolute Gasteiger partial charge is 0.0726 e. The lowest BCUT2D eigenvalue weighted by molar-refractivity contribution is 0.000330. The number of nitrogens with one attached hydrogen (secondary N) is 1. The Hall–Kier alpha value is -0.120. The highest BCUT2D eigenvalue weighted by Crippen LogP contribution is 2.31. The molecule has 3 heteroatoms. The molecule has 1 N–H and O–H groups in total. The van der Waals surface area contributed by atoms with E-state index in [0.29, 0.717) is 24.2 Å². The van der Waals surface area contributed by atoms with Crippen molar-refractivity contribution in [2.75, 3.05) is 20.7 Å². The zero-order chi connectivity index (χ0) is 11.5. The van der Waals surface area contributed by atoms with Gasteiger partial charge in [0.15, 0.2) is 0 Å². The maximum atomic E-state index is 5.62. The van der Waals surface area contributed by atoms with E-state index >= 15 is 0 Å². The van der Waals surface area contributed by atoms with Gasteiger partial charge in [-0.1, -0.05) is 0 Å². The molecule has 1 aliphatic carbocycles. The summed E-state index contributed by atoms with van der Waals surface area (Å²) in [4.78, 5) is 2.69. The van der Waals surface area contributed by atoms with Gasteiger partial charge in [-0.25, -0.2) is 0 Å². The van der Waals surface area contributed by atoms with Crippen molar-refractivity contribution in [2.45, 2.75) is 63.3 Å². The van der Waals surface area contributed by atoms with E-state index in [1.165, 1.54) is 38.6 Å². The van der Waals surface area contributed by atoms with Gasteiger partial charge in [-0.15, -0.1) is 0 Å². The monoisotopic (exact) mass is 226 g/mol. The summed E-state index contributed by atoms with van der Waals surface area (Å²) in [5, 5.41) is 3.41. The van der Waals surface area contributed by atoms with Crippen LogP contribution in [0.5, 0.6) is 0 Å². The van der Waals surface area contributed by atoms with Crippen LogP contribution in [0.25, 0.3) is 0 Å². The van der Waals surface area contributed by atoms with Gasteiger partial charge in [0.1, 0.15) is 0 Å². The number of nitrogens with zero attached hydrogens (tertiary/aromatic N) is 1. The molecular weight excluding hydrogens is 200 g/mol. The number of methoxy groups -OCH3 is 1. The third kappa shape index (κ3) is 2.41. The second kappa shape index (κ2) is 5.48. The fraction of sp³-hybridized carbons (Fsp3) is 1.00. The summed E-state index contributed by atoms with van der Waals surface area (Å²) >= 11 is 0. The third-order valence-electron chi connectivity index (χ3n) is 4.48. The van der Waals surface area contributed by atoms with E-state index in [1.807, 2.05) is 7.11 Å². The second-order valence-corrected chi connectivity index (χ2v) is 5.37. The van der Waals surface area contributed by atoms with Crippen LogP contribution >= 0.6 is 0 Å². The summed E-state index contributed by atoms with van der Waals surface area (Å²) in [5.41, 5.74) is 0. The van der Waals surface area contributed by atoms with Crippen LogP contribution in [0, 0.1) is 0 Å². The molecule has 1 saturated carbocycles. The summed E-state index contributed by atoms with van der Waals surface area (Å²) in [6.07, 6.45) is 6.96. The van der Waals surface area contributed by atoms with Crippen molar-refractivity contribution in [3.8, 4) is 0 Å². The summed E-state index contributed by atoms with van der Waals surface area (Å²) in [7, 11) is 3.95. The topological polar surface area (TPSA) is 24.5 Å². The molecule has 2 fully saturated rings. The van der Waals surface area contributed by atoms with Gasteiger partial charge in [0.25, 0.3) is 0 Å². The number of likely N-dealkylation sites (tertiary alicyclic amines) is 1. The van der Waals surface area contributed by atoms with Crippen LogP contribution in [0.3, 0.4) is 0 Å². The molecule has 0 aromatic heterocycles. The van der Waals surface area contributed by atoms with Crippen molar-refractivity contribution >= 4 is 0 Å². The van der Waals surface area contributed by atoms with E-state index in [-0.39, 0.29) is 0 Å². The number of ether oxygens (including phenoxy) is 1. The number of hydrogen-bond acceptors (Lipinski definition) is 3. The molecule has 0 bridgehead atoms. The summed E-state index contributed by atoms with van der Waals surface area (Å²) in [6, 6.07) is 2.10. The van der Waals surface area contributed by atoms with E-state index in [4.69, 9.17) is 4.74 Å². The quantitative estimate of drug-likeness (QED) is 0.791. The normalized spacial score (nSPS) is 41.4. The van der Waals surface area contributed by atoms with E-state index in [0.717, 1.165) is 0 Å². The van der Waals surface area contributed by atoms with Gasteiger partial charge in [0.2, 0.25) is 0 Å². The Balaban J connectivity index is 1.94. The molecule has 0 radical (unpaired) electrons. The molecule has 1 saturated heterocycles. The molecule has 4 unspecified atom stereocenters. The minimum atomic E-state index is 0.480. The Morgan fingerprint density at radius 1 is 1.25 bits per heavy atom. The molecule has 3 nitrogen and oxygen atoms in total. The lowest BCUT2D eigenvalue weighted by Gasteiger charge is -2.42. The standard InChI is InChI=1S/C13H26N2O/c1-10-9-11(14-2)7-8-15(10)12-5-4-6-13(12)16-3/h10-14H,4-9H2,1-3H3. The van der Waals surface area contributed by atoms with Gasteiger partial charge in [-0.3, -0.25) is 4.90 Å². The van der Waals surface area contributed by atoms with E-state index < -0.39 is 0 Å². The molecule has 1 heterocycles. The molecule has 4 atom stereocenters. The van der Waals surface area contributed by atoms with Gasteiger partial charge >= 0.3 is 0 Å². The Labute approximate surface area is 99.5 Å². The highest BCUT2D eigenvalue weighted by Gasteiger charge is 2.36. The van der Waals surface area contributed by atoms with Gasteiger partial charge in [-0.2, -0.15) is 0 Å². The zero-order valence-electron chi connectivity index (χ0n) is 10.9. The Morgan fingerprint density at radius 2 is 2.06 bits per heavy atom. The Morgan fingerprint density at radius 3 is 2.69 bits per heavy atom. The molecule has 2 rings (SSSR count). The number of hydrogen-bond donors (Lipinski definition) is 1. The first-order valence-corrected chi connectivity index (χ1v) is 6.72. The van der Waals surface area contributed by atoms with Crippen molar-refractivity contribution in [3.05, 3.63) is 0 Å². The van der Waals surface area contributed by atoms with E-state index in [2.05, 4.69) is 24.2 Å². The minimum Gasteiger partial charge on any atom is -0.380 e. The van der Waals surface area contributed by atoms with Crippen LogP contribution in [-0.2, 0) is 4.74 Å². The van der Waals surface area contributed by atoms with E-state index in [9.17, 15) is 0 Å². The van der Waals surface area contributed by atoms with Crippen LogP contribution in [0.2, 0.25) is 0 Å². The SMILES string of the molecule is CNC1CCN(C2CCCC2OC)C(C)C1. The maximum Gasteiger partial charge on any atom is 0.0726 e. The van der Waals surface area contributed by atoms with Crippen LogP contribution in [0.4, 0.5) is 0 Å². The summed E-state index contributed by atoms with van der Waals surface area (Å²) in [6.45, 7) is 3.60. The first-order valence-electron chi connectivity index (χ1n) is 6.72. The molecule has 2 aliphatic rings. The van der Waals surface area contributed by atoms with Crippen molar-refractivity contribution in [3.63, 3.8) is 0 Å². The summed E-state index contributed by atoms with van der Waals surface area (Å²) < 4.78 is 5.62.